The molecule has 0 radical (unpaired) electrons. The minimum Gasteiger partial charge on any atom is -0.478 e. The van der Waals surface area contributed by atoms with Gasteiger partial charge >= 0.3 is 11.2 Å². The second-order valence-electron chi connectivity index (χ2n) is 3.26. The average Bonchev–Trinajstić information content (AvgIpc) is 2.27. The molecule has 0 amide bonds. The van der Waals surface area contributed by atoms with E-state index in [2.05, 4.69) is 0 Å². The first-order valence-corrected chi connectivity index (χ1v) is 5.97. The van der Waals surface area contributed by atoms with Crippen molar-refractivity contribution in [1.82, 2.24) is 0 Å². The van der Waals surface area contributed by atoms with E-state index in [1.54, 1.807) is 6.92 Å². The van der Waals surface area contributed by atoms with Crippen LogP contribution in [-0.2, 0) is 0 Å². The number of halogens is 2. The molecule has 0 aliphatic carbocycles. The lowest BCUT2D eigenvalue weighted by molar-refractivity contribution is 0.0697. The first-order valence-electron chi connectivity index (χ1n) is 4.99. The predicted molar refractivity (Wildman–Crippen MR) is 65.5 cm³/mol. The third kappa shape index (κ3) is 4.56. The third-order valence-electron chi connectivity index (χ3n) is 1.96. The zero-order valence-electron chi connectivity index (χ0n) is 9.19. The van der Waals surface area contributed by atoms with E-state index in [-0.39, 0.29) is 5.56 Å². The Labute approximate surface area is 102 Å². The van der Waals surface area contributed by atoms with E-state index in [0.29, 0.717) is 23.1 Å². The molecule has 0 atom stereocenters. The highest BCUT2D eigenvalue weighted by atomic mass is 32.2. The Morgan fingerprint density at radius 3 is 2.47 bits per heavy atom. The van der Waals surface area contributed by atoms with Crippen molar-refractivity contribution in [3.05, 3.63) is 41.5 Å². The fourth-order valence-corrected chi connectivity index (χ4v) is 1.72. The molecule has 1 rings (SSSR count). The monoisotopic (exact) mass is 258 g/mol. The van der Waals surface area contributed by atoms with Gasteiger partial charge in [-0.05, 0) is 29.5 Å². The number of thioether (sulfide) groups is 1. The van der Waals surface area contributed by atoms with Gasteiger partial charge in [0.2, 0.25) is 0 Å². The molecule has 0 heterocycles. The van der Waals surface area contributed by atoms with Crippen molar-refractivity contribution in [1.29, 1.82) is 0 Å². The Kier molecular flexibility index (Phi) is 4.69. The molecule has 1 aromatic carbocycles. The van der Waals surface area contributed by atoms with Crippen LogP contribution in [0.4, 0.5) is 8.78 Å². The fraction of sp³-hybridized carbons (Fsp3) is 0.250. The number of carboxylic acids is 1. The fourth-order valence-electron chi connectivity index (χ4n) is 1.17. The highest BCUT2D eigenvalue weighted by molar-refractivity contribution is 8.00. The van der Waals surface area contributed by atoms with Gasteiger partial charge in [0.15, 0.2) is 0 Å². The number of alkyl halides is 2. The third-order valence-corrected chi connectivity index (χ3v) is 2.77. The zero-order chi connectivity index (χ0) is 12.9. The Hall–Kier alpha value is -1.36. The maximum absolute atomic E-state index is 13.1. The second-order valence-corrected chi connectivity index (χ2v) is 4.67. The van der Waals surface area contributed by atoms with Crippen molar-refractivity contribution < 1.29 is 18.7 Å². The molecule has 0 saturated carbocycles. The van der Waals surface area contributed by atoms with Gasteiger partial charge in [0.1, 0.15) is 0 Å². The van der Waals surface area contributed by atoms with E-state index in [0.717, 1.165) is 6.08 Å². The van der Waals surface area contributed by atoms with Crippen LogP contribution in [0.25, 0.3) is 6.08 Å². The summed E-state index contributed by atoms with van der Waals surface area (Å²) in [6.45, 7) is 1.66. The lowest BCUT2D eigenvalue weighted by Gasteiger charge is -2.08. The van der Waals surface area contributed by atoms with E-state index < -0.39 is 11.2 Å². The van der Waals surface area contributed by atoms with Crippen LogP contribution in [0.1, 0.15) is 22.8 Å². The van der Waals surface area contributed by atoms with E-state index in [9.17, 15) is 13.6 Å². The quantitative estimate of drug-likeness (QED) is 0.874. The second kappa shape index (κ2) is 5.82. The molecule has 0 bridgehead atoms. The molecular weight excluding hydrogens is 246 g/mol. The topological polar surface area (TPSA) is 37.3 Å². The molecule has 1 aromatic rings. The van der Waals surface area contributed by atoms with Crippen molar-refractivity contribution in [3.63, 3.8) is 0 Å². The molecule has 92 valence electrons. The molecule has 0 saturated heterocycles. The molecule has 0 aliphatic rings. The molecule has 2 nitrogen and oxygen atoms in total. The lowest BCUT2D eigenvalue weighted by Crippen LogP contribution is -2.05. The van der Waals surface area contributed by atoms with E-state index in [1.807, 2.05) is 0 Å². The van der Waals surface area contributed by atoms with Crippen LogP contribution >= 0.6 is 11.8 Å². The first-order chi connectivity index (χ1) is 7.94. The molecule has 5 heteroatoms. The summed E-state index contributed by atoms with van der Waals surface area (Å²) in [7, 11) is 0. The van der Waals surface area contributed by atoms with Gasteiger partial charge in [-0.25, -0.2) is 4.79 Å². The molecule has 0 fully saturated rings. The molecular formula is C12H12F2O2S. The Morgan fingerprint density at radius 2 is 2.00 bits per heavy atom. The summed E-state index contributed by atoms with van der Waals surface area (Å²) in [5.41, 5.74) is 0.684. The maximum atomic E-state index is 13.1. The number of hydrogen-bond donors (Lipinski definition) is 1. The van der Waals surface area contributed by atoms with Crippen molar-refractivity contribution in [3.8, 4) is 0 Å². The number of benzene rings is 1. The lowest BCUT2D eigenvalue weighted by atomic mass is 10.1. The van der Waals surface area contributed by atoms with Crippen LogP contribution in [0.3, 0.4) is 0 Å². The van der Waals surface area contributed by atoms with Gasteiger partial charge in [-0.1, -0.05) is 36.9 Å². The summed E-state index contributed by atoms with van der Waals surface area (Å²) in [6.07, 6.45) is 2.10. The molecule has 17 heavy (non-hydrogen) atoms. The SMILES string of the molecule is CCSC(F)(F)/C=C/c1ccc(C(=O)O)cc1. The summed E-state index contributed by atoms with van der Waals surface area (Å²) in [5, 5.41) is 5.77. The minimum absolute atomic E-state index is 0.136. The van der Waals surface area contributed by atoms with Gasteiger partial charge in [0.25, 0.3) is 0 Å². The largest absolute Gasteiger partial charge is 0.478 e. The molecule has 1 N–H and O–H groups in total. The summed E-state index contributed by atoms with van der Waals surface area (Å²) < 4.78 is 26.2. The van der Waals surface area contributed by atoms with Gasteiger partial charge in [0, 0.05) is 0 Å². The minimum atomic E-state index is -2.89. The molecule has 0 unspecified atom stereocenters. The number of carboxylic acid groups (broad SMARTS) is 1. The molecule has 0 aromatic heterocycles. The first kappa shape index (κ1) is 13.7. The zero-order valence-corrected chi connectivity index (χ0v) is 10.0. The average molecular weight is 258 g/mol. The van der Waals surface area contributed by atoms with Gasteiger partial charge in [-0.2, -0.15) is 8.78 Å². The van der Waals surface area contributed by atoms with E-state index >= 15 is 0 Å². The highest BCUT2D eigenvalue weighted by Crippen LogP contribution is 2.30. The Morgan fingerprint density at radius 1 is 1.41 bits per heavy atom. The number of carbonyl (C=O) groups is 1. The highest BCUT2D eigenvalue weighted by Gasteiger charge is 2.23. The summed E-state index contributed by atoms with van der Waals surface area (Å²) >= 11 is 0.547. The van der Waals surface area contributed by atoms with Crippen LogP contribution in [-0.4, -0.2) is 22.1 Å². The van der Waals surface area contributed by atoms with Crippen LogP contribution in [0.5, 0.6) is 0 Å². The molecule has 0 aliphatic heterocycles. The Bertz CT molecular complexity index is 413. The van der Waals surface area contributed by atoms with Crippen molar-refractivity contribution in [2.75, 3.05) is 5.75 Å². The van der Waals surface area contributed by atoms with Gasteiger partial charge < -0.3 is 5.11 Å². The van der Waals surface area contributed by atoms with Crippen LogP contribution in [0.2, 0.25) is 0 Å². The Balaban J connectivity index is 2.75. The number of rotatable bonds is 5. The van der Waals surface area contributed by atoms with Crippen LogP contribution < -0.4 is 0 Å². The summed E-state index contributed by atoms with van der Waals surface area (Å²) in [5.74, 6) is -0.706. The van der Waals surface area contributed by atoms with Crippen LogP contribution in [0.15, 0.2) is 30.3 Å². The standard InChI is InChI=1S/C12H12F2O2S/c1-2-17-12(13,14)8-7-9-3-5-10(6-4-9)11(15)16/h3-8H,2H2,1H3,(H,15,16)/b8-7+. The van der Waals surface area contributed by atoms with Crippen LogP contribution in [0, 0.1) is 0 Å². The number of hydrogen-bond acceptors (Lipinski definition) is 2. The van der Waals surface area contributed by atoms with Gasteiger partial charge in [0.05, 0.1) is 5.56 Å². The normalized spacial score (nSPS) is 11.9. The van der Waals surface area contributed by atoms with E-state index in [4.69, 9.17) is 5.11 Å². The summed E-state index contributed by atoms with van der Waals surface area (Å²) in [4.78, 5) is 10.6. The molecule has 0 spiro atoms. The van der Waals surface area contributed by atoms with Crippen molar-refractivity contribution in [2.24, 2.45) is 0 Å². The van der Waals surface area contributed by atoms with Gasteiger partial charge in [-0.3, -0.25) is 0 Å². The summed E-state index contributed by atoms with van der Waals surface area (Å²) in [6, 6.07) is 5.75. The van der Waals surface area contributed by atoms with Crippen molar-refractivity contribution >= 4 is 23.8 Å². The smallest absolute Gasteiger partial charge is 0.335 e. The van der Waals surface area contributed by atoms with Gasteiger partial charge in [-0.15, -0.1) is 0 Å². The number of aromatic carboxylic acids is 1. The van der Waals surface area contributed by atoms with E-state index in [1.165, 1.54) is 30.3 Å². The maximum Gasteiger partial charge on any atom is 0.335 e. The predicted octanol–water partition coefficient (Wildman–Crippen LogP) is 3.74. The van der Waals surface area contributed by atoms with Crippen molar-refractivity contribution in [2.45, 2.75) is 12.2 Å².